The van der Waals surface area contributed by atoms with Crippen molar-refractivity contribution < 1.29 is 9.47 Å². The smallest absolute Gasteiger partial charge is 0.257 e. The van der Waals surface area contributed by atoms with Crippen molar-refractivity contribution in [3.63, 3.8) is 0 Å². The summed E-state index contributed by atoms with van der Waals surface area (Å²) in [6, 6.07) is 19.0. The van der Waals surface area contributed by atoms with Crippen LogP contribution in [-0.4, -0.2) is 18.4 Å². The van der Waals surface area contributed by atoms with Gasteiger partial charge in [0.05, 0.1) is 7.11 Å². The highest BCUT2D eigenvalue weighted by molar-refractivity contribution is 7.80. The van der Waals surface area contributed by atoms with Crippen molar-refractivity contribution in [2.45, 2.75) is 57.1 Å². The van der Waals surface area contributed by atoms with E-state index in [0.29, 0.717) is 23.1 Å². The number of hydrogen-bond acceptors (Lipinski definition) is 3. The van der Waals surface area contributed by atoms with Crippen LogP contribution in [-0.2, 0) is 11.3 Å². The minimum atomic E-state index is 0.273. The van der Waals surface area contributed by atoms with Crippen LogP contribution >= 0.6 is 12.2 Å². The molecule has 0 amide bonds. The lowest BCUT2D eigenvalue weighted by molar-refractivity contribution is -0.0809. The first-order valence-electron chi connectivity index (χ1n) is 10.3. The van der Waals surface area contributed by atoms with Gasteiger partial charge in [-0.25, -0.2) is 0 Å². The van der Waals surface area contributed by atoms with E-state index in [9.17, 15) is 0 Å². The van der Waals surface area contributed by atoms with Crippen molar-refractivity contribution in [2.24, 2.45) is 5.41 Å². The summed E-state index contributed by atoms with van der Waals surface area (Å²) in [5, 5.41) is 3.78. The number of nitrogens with one attached hydrogen (secondary N) is 1. The summed E-state index contributed by atoms with van der Waals surface area (Å²) in [6.07, 6.45) is 7.68. The maximum atomic E-state index is 6.19. The standard InChI is InChI=1S/C24H29NO2S/c1-26-21-9-5-6-18(16-21)17-25-23(28)27-22-12-15-24(22)13-10-20(11-14-24)19-7-3-2-4-8-19/h2-9,16,20,22H,10-15,17H2,1H3,(H,25,28)/t20?,22-,24?/m0/s1. The summed E-state index contributed by atoms with van der Waals surface area (Å²) in [5.41, 5.74) is 2.97. The average molecular weight is 396 g/mol. The Labute approximate surface area is 173 Å². The molecule has 0 heterocycles. The molecule has 4 heteroatoms. The summed E-state index contributed by atoms with van der Waals surface area (Å²) < 4.78 is 11.5. The molecule has 0 bridgehead atoms. The number of hydrogen-bond donors (Lipinski definition) is 1. The molecule has 1 spiro atoms. The molecule has 0 aromatic heterocycles. The van der Waals surface area contributed by atoms with Crippen molar-refractivity contribution in [1.82, 2.24) is 5.32 Å². The van der Waals surface area contributed by atoms with Crippen molar-refractivity contribution in [2.75, 3.05) is 7.11 Å². The molecule has 2 aromatic rings. The van der Waals surface area contributed by atoms with Crippen LogP contribution in [0.4, 0.5) is 0 Å². The summed E-state index contributed by atoms with van der Waals surface area (Å²) in [6.45, 7) is 0.659. The van der Waals surface area contributed by atoms with Gasteiger partial charge in [-0.15, -0.1) is 0 Å². The molecule has 2 aromatic carbocycles. The number of thiocarbonyl (C=S) groups is 1. The van der Waals surface area contributed by atoms with Gasteiger partial charge in [-0.3, -0.25) is 0 Å². The third-order valence-corrected chi connectivity index (χ3v) is 6.90. The van der Waals surface area contributed by atoms with E-state index >= 15 is 0 Å². The molecule has 1 atom stereocenters. The van der Waals surface area contributed by atoms with Gasteiger partial charge in [0.2, 0.25) is 0 Å². The molecule has 0 radical (unpaired) electrons. The van der Waals surface area contributed by atoms with Crippen LogP contribution in [0.5, 0.6) is 5.75 Å². The van der Waals surface area contributed by atoms with Crippen LogP contribution in [0.1, 0.15) is 55.6 Å². The Bertz CT molecular complexity index is 799. The Morgan fingerprint density at radius 1 is 1.04 bits per heavy atom. The van der Waals surface area contributed by atoms with Crippen LogP contribution in [0.15, 0.2) is 54.6 Å². The molecule has 2 saturated carbocycles. The molecule has 0 aliphatic heterocycles. The van der Waals surface area contributed by atoms with Gasteiger partial charge in [-0.05, 0) is 79.9 Å². The molecular formula is C24H29NO2S. The molecule has 0 saturated heterocycles. The van der Waals surface area contributed by atoms with Gasteiger partial charge < -0.3 is 14.8 Å². The third kappa shape index (κ3) is 4.17. The Balaban J connectivity index is 1.27. The molecule has 28 heavy (non-hydrogen) atoms. The average Bonchev–Trinajstić information content (AvgIpc) is 2.76. The quantitative estimate of drug-likeness (QED) is 0.668. The second kappa shape index (κ2) is 8.52. The van der Waals surface area contributed by atoms with Crippen molar-refractivity contribution in [3.8, 4) is 5.75 Å². The highest BCUT2D eigenvalue weighted by Gasteiger charge is 2.50. The van der Waals surface area contributed by atoms with E-state index in [1.165, 1.54) is 37.7 Å². The van der Waals surface area contributed by atoms with E-state index in [-0.39, 0.29) is 6.10 Å². The molecule has 1 N–H and O–H groups in total. The zero-order valence-corrected chi connectivity index (χ0v) is 17.3. The van der Waals surface area contributed by atoms with Gasteiger partial charge in [0.15, 0.2) is 0 Å². The van der Waals surface area contributed by atoms with Crippen molar-refractivity contribution >= 4 is 17.4 Å². The topological polar surface area (TPSA) is 30.5 Å². The van der Waals surface area contributed by atoms with E-state index in [1.54, 1.807) is 7.11 Å². The highest BCUT2D eigenvalue weighted by atomic mass is 32.1. The van der Waals surface area contributed by atoms with Crippen LogP contribution in [0, 0.1) is 5.41 Å². The fraction of sp³-hybridized carbons (Fsp3) is 0.458. The van der Waals surface area contributed by atoms with Crippen LogP contribution in [0.2, 0.25) is 0 Å². The summed E-state index contributed by atoms with van der Waals surface area (Å²) in [4.78, 5) is 0. The maximum absolute atomic E-state index is 6.19. The van der Waals surface area contributed by atoms with Crippen molar-refractivity contribution in [3.05, 3.63) is 65.7 Å². The lowest BCUT2D eigenvalue weighted by Gasteiger charge is -2.52. The Hall–Kier alpha value is -2.07. The molecule has 4 rings (SSSR count). The molecule has 148 valence electrons. The van der Waals surface area contributed by atoms with E-state index in [1.807, 2.05) is 18.2 Å². The number of rotatable bonds is 5. The third-order valence-electron chi connectivity index (χ3n) is 6.66. The van der Waals surface area contributed by atoms with Gasteiger partial charge >= 0.3 is 0 Å². The summed E-state index contributed by atoms with van der Waals surface area (Å²) >= 11 is 5.48. The number of benzene rings is 2. The summed E-state index contributed by atoms with van der Waals surface area (Å²) in [7, 11) is 1.68. The van der Waals surface area contributed by atoms with Crippen LogP contribution < -0.4 is 10.1 Å². The van der Waals surface area contributed by atoms with Gasteiger partial charge in [0.1, 0.15) is 11.9 Å². The zero-order valence-electron chi connectivity index (χ0n) is 16.5. The van der Waals surface area contributed by atoms with Gasteiger partial charge in [0, 0.05) is 12.0 Å². The van der Waals surface area contributed by atoms with Crippen LogP contribution in [0.3, 0.4) is 0 Å². The number of methoxy groups -OCH3 is 1. The van der Waals surface area contributed by atoms with E-state index in [2.05, 4.69) is 41.7 Å². The van der Waals surface area contributed by atoms with Crippen molar-refractivity contribution in [1.29, 1.82) is 0 Å². The molecule has 2 aliphatic rings. The zero-order chi connectivity index (χ0) is 19.4. The van der Waals surface area contributed by atoms with Gasteiger partial charge in [-0.2, -0.15) is 0 Å². The maximum Gasteiger partial charge on any atom is 0.257 e. The van der Waals surface area contributed by atoms with E-state index < -0.39 is 0 Å². The Morgan fingerprint density at radius 2 is 1.79 bits per heavy atom. The molecular weight excluding hydrogens is 366 g/mol. The number of ether oxygens (including phenoxy) is 2. The van der Waals surface area contributed by atoms with Crippen LogP contribution in [0.25, 0.3) is 0 Å². The monoisotopic (exact) mass is 395 g/mol. The van der Waals surface area contributed by atoms with Gasteiger partial charge in [0.25, 0.3) is 5.17 Å². The first-order valence-corrected chi connectivity index (χ1v) is 10.7. The fourth-order valence-corrected chi connectivity index (χ4v) is 4.99. The normalized spacial score (nSPS) is 26.3. The van der Waals surface area contributed by atoms with E-state index in [4.69, 9.17) is 21.7 Å². The van der Waals surface area contributed by atoms with Gasteiger partial charge in [-0.1, -0.05) is 42.5 Å². The highest BCUT2D eigenvalue weighted by Crippen LogP contribution is 2.55. The second-order valence-electron chi connectivity index (χ2n) is 8.19. The Kier molecular flexibility index (Phi) is 5.86. The lowest BCUT2D eigenvalue weighted by Crippen LogP contribution is -2.50. The molecule has 0 unspecified atom stereocenters. The first kappa shape index (κ1) is 19.3. The minimum absolute atomic E-state index is 0.273. The lowest BCUT2D eigenvalue weighted by atomic mass is 9.56. The Morgan fingerprint density at radius 3 is 2.46 bits per heavy atom. The fourth-order valence-electron chi connectivity index (χ4n) is 4.81. The summed E-state index contributed by atoms with van der Waals surface area (Å²) in [5.74, 6) is 1.56. The molecule has 2 fully saturated rings. The minimum Gasteiger partial charge on any atom is -0.497 e. The SMILES string of the molecule is COc1cccc(CNC(=S)O[C@H]2CCC23CCC(c2ccccc2)CC3)c1. The molecule has 2 aliphatic carbocycles. The van der Waals surface area contributed by atoms with E-state index in [0.717, 1.165) is 17.7 Å². The predicted molar refractivity (Wildman–Crippen MR) is 117 cm³/mol. The largest absolute Gasteiger partial charge is 0.497 e. The first-order chi connectivity index (χ1) is 13.7. The molecule has 3 nitrogen and oxygen atoms in total. The second-order valence-corrected chi connectivity index (χ2v) is 8.56. The predicted octanol–water partition coefficient (Wildman–Crippen LogP) is 5.59.